The lowest BCUT2D eigenvalue weighted by molar-refractivity contribution is -0.121. The summed E-state index contributed by atoms with van der Waals surface area (Å²) in [5.41, 5.74) is 2.47. The highest BCUT2D eigenvalue weighted by atomic mass is 16.5. The molecule has 0 radical (unpaired) electrons. The molecule has 4 heterocycles. The molecule has 1 fully saturated rings. The summed E-state index contributed by atoms with van der Waals surface area (Å²) < 4.78 is 6.45. The summed E-state index contributed by atoms with van der Waals surface area (Å²) in [6.07, 6.45) is 6.56. The predicted octanol–water partition coefficient (Wildman–Crippen LogP) is 2.63. The molecule has 8 nitrogen and oxygen atoms in total. The standard InChI is InChI=1S/C26H29N5O3/c32-22(20-5-3-13-27-17-20)18-28-25(33)16-21-7-8-24(30-29-21)31-14-11-26(12-15-31)10-9-19-4-1-2-6-23(19)34-26/h1-8,13,17,22,32H,9-12,14-16,18H2,(H,28,33). The van der Waals surface area contributed by atoms with Crippen molar-refractivity contribution in [3.05, 3.63) is 77.7 Å². The maximum absolute atomic E-state index is 12.3. The van der Waals surface area contributed by atoms with Gasteiger partial charge in [-0.05, 0) is 42.7 Å². The number of ether oxygens (including phenoxy) is 1. The monoisotopic (exact) mass is 459 g/mol. The number of nitrogens with zero attached hydrogens (tertiary/aromatic N) is 4. The van der Waals surface area contributed by atoms with Crippen molar-refractivity contribution in [3.63, 3.8) is 0 Å². The lowest BCUT2D eigenvalue weighted by Crippen LogP contribution is -2.50. The number of anilines is 1. The molecule has 2 aromatic heterocycles. The van der Waals surface area contributed by atoms with Gasteiger partial charge in [0.15, 0.2) is 5.82 Å². The molecule has 8 heteroatoms. The molecular weight excluding hydrogens is 430 g/mol. The first-order valence-electron chi connectivity index (χ1n) is 11.8. The molecule has 1 unspecified atom stereocenters. The van der Waals surface area contributed by atoms with Gasteiger partial charge in [-0.15, -0.1) is 5.10 Å². The number of aromatic nitrogens is 3. The second-order valence-corrected chi connectivity index (χ2v) is 9.05. The number of amides is 1. The number of hydrogen-bond donors (Lipinski definition) is 2. The Balaban J connectivity index is 1.11. The van der Waals surface area contributed by atoms with E-state index in [9.17, 15) is 9.90 Å². The summed E-state index contributed by atoms with van der Waals surface area (Å²) in [5, 5.41) is 21.5. The van der Waals surface area contributed by atoms with Crippen molar-refractivity contribution in [2.75, 3.05) is 24.5 Å². The van der Waals surface area contributed by atoms with Gasteiger partial charge in [-0.25, -0.2) is 0 Å². The summed E-state index contributed by atoms with van der Waals surface area (Å²) in [6.45, 7) is 1.85. The van der Waals surface area contributed by atoms with E-state index in [4.69, 9.17) is 4.74 Å². The zero-order valence-corrected chi connectivity index (χ0v) is 19.1. The van der Waals surface area contributed by atoms with Crippen LogP contribution in [0.25, 0.3) is 0 Å². The number of hydrogen-bond acceptors (Lipinski definition) is 7. The smallest absolute Gasteiger partial charge is 0.226 e. The van der Waals surface area contributed by atoms with E-state index < -0.39 is 6.10 Å². The van der Waals surface area contributed by atoms with Gasteiger partial charge in [0.05, 0.1) is 18.2 Å². The SMILES string of the molecule is O=C(Cc1ccc(N2CCC3(CCc4ccccc4O3)CC2)nn1)NCC(O)c1cccnc1. The van der Waals surface area contributed by atoms with Crippen LogP contribution in [-0.4, -0.2) is 51.4 Å². The minimum absolute atomic E-state index is 0.0866. The third-order valence-corrected chi connectivity index (χ3v) is 6.76. The number of pyridine rings is 1. The molecule has 1 atom stereocenters. The first-order valence-corrected chi connectivity index (χ1v) is 11.8. The van der Waals surface area contributed by atoms with Crippen molar-refractivity contribution in [3.8, 4) is 5.75 Å². The normalized spacial score (nSPS) is 17.5. The Morgan fingerprint density at radius 3 is 2.71 bits per heavy atom. The van der Waals surface area contributed by atoms with Crippen LogP contribution < -0.4 is 15.0 Å². The maximum Gasteiger partial charge on any atom is 0.226 e. The van der Waals surface area contributed by atoms with Gasteiger partial charge in [-0.1, -0.05) is 24.3 Å². The summed E-state index contributed by atoms with van der Waals surface area (Å²) in [5.74, 6) is 1.64. The van der Waals surface area contributed by atoms with E-state index in [1.807, 2.05) is 18.2 Å². The number of piperidine rings is 1. The van der Waals surface area contributed by atoms with Crippen molar-refractivity contribution >= 4 is 11.7 Å². The zero-order chi connectivity index (χ0) is 23.4. The van der Waals surface area contributed by atoms with E-state index in [1.54, 1.807) is 24.5 Å². The first kappa shape index (κ1) is 22.3. The average molecular weight is 460 g/mol. The largest absolute Gasteiger partial charge is 0.487 e. The zero-order valence-electron chi connectivity index (χ0n) is 19.1. The number of aliphatic hydroxyl groups excluding tert-OH is 1. The van der Waals surface area contributed by atoms with Crippen molar-refractivity contribution < 1.29 is 14.6 Å². The number of carbonyl (C=O) groups excluding carboxylic acids is 1. The number of aliphatic hydroxyl groups is 1. The Hall–Kier alpha value is -3.52. The van der Waals surface area contributed by atoms with Gasteiger partial charge < -0.3 is 20.1 Å². The number of fused-ring (bicyclic) bond motifs is 1. The number of carbonyl (C=O) groups is 1. The van der Waals surface area contributed by atoms with E-state index in [-0.39, 0.29) is 24.5 Å². The molecular formula is C26H29N5O3. The number of para-hydroxylation sites is 1. The molecule has 176 valence electrons. The third kappa shape index (κ3) is 5.02. The Labute approximate surface area is 199 Å². The molecule has 0 saturated carbocycles. The Morgan fingerprint density at radius 2 is 1.94 bits per heavy atom. The number of nitrogens with one attached hydrogen (secondary N) is 1. The molecule has 2 N–H and O–H groups in total. The van der Waals surface area contributed by atoms with E-state index in [0.29, 0.717) is 11.3 Å². The summed E-state index contributed by atoms with van der Waals surface area (Å²) in [4.78, 5) is 18.5. The van der Waals surface area contributed by atoms with Crippen LogP contribution in [0.2, 0.25) is 0 Å². The fourth-order valence-electron chi connectivity index (χ4n) is 4.70. The summed E-state index contributed by atoms with van der Waals surface area (Å²) in [6, 6.07) is 15.6. The Bertz CT molecular complexity index is 1110. The average Bonchev–Trinajstić information content (AvgIpc) is 2.89. The first-order chi connectivity index (χ1) is 16.6. The van der Waals surface area contributed by atoms with Crippen LogP contribution in [0.4, 0.5) is 5.82 Å². The van der Waals surface area contributed by atoms with Gasteiger partial charge in [0.25, 0.3) is 0 Å². The topological polar surface area (TPSA) is 100 Å². The van der Waals surface area contributed by atoms with Crippen LogP contribution in [0.3, 0.4) is 0 Å². The predicted molar refractivity (Wildman–Crippen MR) is 128 cm³/mol. The molecule has 2 aliphatic rings. The molecule has 1 amide bonds. The van der Waals surface area contributed by atoms with Crippen LogP contribution in [0, 0.1) is 0 Å². The highest BCUT2D eigenvalue weighted by Gasteiger charge is 2.39. The molecule has 1 aromatic carbocycles. The van der Waals surface area contributed by atoms with Crippen LogP contribution in [0.15, 0.2) is 60.9 Å². The van der Waals surface area contributed by atoms with E-state index in [1.165, 1.54) is 5.56 Å². The molecule has 1 saturated heterocycles. The van der Waals surface area contributed by atoms with Gasteiger partial charge in [-0.3, -0.25) is 9.78 Å². The molecule has 3 aromatic rings. The minimum atomic E-state index is -0.796. The molecule has 2 aliphatic heterocycles. The fourth-order valence-corrected chi connectivity index (χ4v) is 4.70. The van der Waals surface area contributed by atoms with E-state index >= 15 is 0 Å². The van der Waals surface area contributed by atoms with Crippen molar-refractivity contribution in [1.82, 2.24) is 20.5 Å². The van der Waals surface area contributed by atoms with Crippen molar-refractivity contribution in [1.29, 1.82) is 0 Å². The lowest BCUT2D eigenvalue weighted by Gasteiger charge is -2.44. The lowest BCUT2D eigenvalue weighted by atomic mass is 9.83. The van der Waals surface area contributed by atoms with E-state index in [0.717, 1.165) is 50.3 Å². The van der Waals surface area contributed by atoms with Gasteiger partial charge in [0.1, 0.15) is 11.4 Å². The molecule has 34 heavy (non-hydrogen) atoms. The Kier molecular flexibility index (Phi) is 6.40. The van der Waals surface area contributed by atoms with Crippen LogP contribution >= 0.6 is 0 Å². The highest BCUT2D eigenvalue weighted by molar-refractivity contribution is 5.78. The fraction of sp³-hybridized carbons (Fsp3) is 0.385. The second-order valence-electron chi connectivity index (χ2n) is 9.05. The number of benzene rings is 1. The van der Waals surface area contributed by atoms with Crippen LogP contribution in [0.1, 0.15) is 42.2 Å². The number of rotatable bonds is 6. The van der Waals surface area contributed by atoms with Gasteiger partial charge in [0.2, 0.25) is 5.91 Å². The minimum Gasteiger partial charge on any atom is -0.487 e. The molecule has 0 aliphatic carbocycles. The van der Waals surface area contributed by atoms with Gasteiger partial charge >= 0.3 is 0 Å². The van der Waals surface area contributed by atoms with Crippen molar-refractivity contribution in [2.24, 2.45) is 0 Å². The van der Waals surface area contributed by atoms with Crippen molar-refractivity contribution in [2.45, 2.75) is 43.8 Å². The van der Waals surface area contributed by atoms with Gasteiger partial charge in [-0.2, -0.15) is 5.10 Å². The highest BCUT2D eigenvalue weighted by Crippen LogP contribution is 2.39. The van der Waals surface area contributed by atoms with Gasteiger partial charge in [0, 0.05) is 50.4 Å². The Morgan fingerprint density at radius 1 is 1.09 bits per heavy atom. The molecule has 1 spiro atoms. The summed E-state index contributed by atoms with van der Waals surface area (Å²) >= 11 is 0. The van der Waals surface area contributed by atoms with E-state index in [2.05, 4.69) is 43.6 Å². The quantitative estimate of drug-likeness (QED) is 0.584. The maximum atomic E-state index is 12.3. The number of aryl methyl sites for hydroxylation is 1. The van der Waals surface area contributed by atoms with Crippen LogP contribution in [-0.2, 0) is 17.6 Å². The molecule has 5 rings (SSSR count). The second kappa shape index (κ2) is 9.77. The third-order valence-electron chi connectivity index (χ3n) is 6.76. The van der Waals surface area contributed by atoms with Crippen LogP contribution in [0.5, 0.6) is 5.75 Å². The molecule has 0 bridgehead atoms. The summed E-state index contributed by atoms with van der Waals surface area (Å²) in [7, 11) is 0.